The van der Waals surface area contributed by atoms with E-state index in [-0.39, 0.29) is 6.04 Å². The fourth-order valence-corrected chi connectivity index (χ4v) is 3.23. The number of hydrogen-bond acceptors (Lipinski definition) is 2. The van der Waals surface area contributed by atoms with Crippen molar-refractivity contribution < 1.29 is 0 Å². The fraction of sp³-hybridized carbons (Fsp3) is 0.647. The van der Waals surface area contributed by atoms with Crippen molar-refractivity contribution in [2.45, 2.75) is 59.5 Å². The van der Waals surface area contributed by atoms with E-state index >= 15 is 0 Å². The molecule has 1 atom stereocenters. The van der Waals surface area contributed by atoms with Crippen molar-refractivity contribution in [2.24, 2.45) is 11.7 Å². The third-order valence-corrected chi connectivity index (χ3v) is 4.39. The minimum absolute atomic E-state index is 0.0760. The molecular formula is C17H29BrN2. The molecule has 20 heavy (non-hydrogen) atoms. The van der Waals surface area contributed by atoms with Crippen LogP contribution in [-0.2, 0) is 0 Å². The van der Waals surface area contributed by atoms with E-state index < -0.39 is 0 Å². The summed E-state index contributed by atoms with van der Waals surface area (Å²) in [6, 6.07) is 7.20. The molecule has 0 aromatic heterocycles. The molecule has 0 fully saturated rings. The summed E-state index contributed by atoms with van der Waals surface area (Å²) in [5.74, 6) is 0.649. The van der Waals surface area contributed by atoms with Crippen molar-refractivity contribution in [1.29, 1.82) is 0 Å². The van der Waals surface area contributed by atoms with Gasteiger partial charge in [-0.15, -0.1) is 0 Å². The summed E-state index contributed by atoms with van der Waals surface area (Å²) in [7, 11) is 0. The van der Waals surface area contributed by atoms with E-state index in [1.807, 2.05) is 6.92 Å². The van der Waals surface area contributed by atoms with Crippen LogP contribution < -0.4 is 10.6 Å². The maximum absolute atomic E-state index is 5.97. The second kappa shape index (κ2) is 8.04. The summed E-state index contributed by atoms with van der Waals surface area (Å²) in [5, 5.41) is 0. The predicted octanol–water partition coefficient (Wildman–Crippen LogP) is 5.12. The standard InChI is InChI=1S/C17H29BrN2/c1-6-15(7-2)20(11-12(3)4)17-9-8-14(13(5)19)10-16(17)18/h8-10,12-13,15H,6-7,11,19H2,1-5H3/t13-/m1/s1. The predicted molar refractivity (Wildman–Crippen MR) is 93.3 cm³/mol. The molecule has 0 aliphatic rings. The van der Waals surface area contributed by atoms with E-state index in [0.717, 1.165) is 11.0 Å². The van der Waals surface area contributed by atoms with Crippen molar-refractivity contribution in [3.63, 3.8) is 0 Å². The van der Waals surface area contributed by atoms with Crippen LogP contribution in [0, 0.1) is 5.92 Å². The molecule has 1 rings (SSSR count). The van der Waals surface area contributed by atoms with Gasteiger partial charge in [0, 0.05) is 23.1 Å². The third kappa shape index (κ3) is 4.49. The number of hydrogen-bond donors (Lipinski definition) is 1. The van der Waals surface area contributed by atoms with Gasteiger partial charge >= 0.3 is 0 Å². The monoisotopic (exact) mass is 340 g/mol. The minimum Gasteiger partial charge on any atom is -0.367 e. The summed E-state index contributed by atoms with van der Waals surface area (Å²) >= 11 is 3.74. The lowest BCUT2D eigenvalue weighted by Gasteiger charge is -2.35. The molecule has 0 bridgehead atoms. The van der Waals surface area contributed by atoms with Gasteiger partial charge in [-0.2, -0.15) is 0 Å². The van der Waals surface area contributed by atoms with Crippen LogP contribution in [0.15, 0.2) is 22.7 Å². The molecule has 0 aliphatic heterocycles. The first-order valence-corrected chi connectivity index (χ1v) is 8.51. The largest absolute Gasteiger partial charge is 0.367 e. The van der Waals surface area contributed by atoms with Crippen molar-refractivity contribution in [2.75, 3.05) is 11.4 Å². The van der Waals surface area contributed by atoms with Gasteiger partial charge in [0.2, 0.25) is 0 Å². The van der Waals surface area contributed by atoms with Crippen LogP contribution >= 0.6 is 15.9 Å². The lowest BCUT2D eigenvalue weighted by atomic mass is 10.0. The lowest BCUT2D eigenvalue weighted by Crippen LogP contribution is -2.37. The van der Waals surface area contributed by atoms with Gasteiger partial charge in [0.15, 0.2) is 0 Å². The Bertz CT molecular complexity index is 411. The minimum atomic E-state index is 0.0760. The van der Waals surface area contributed by atoms with Crippen LogP contribution in [0.5, 0.6) is 0 Å². The van der Waals surface area contributed by atoms with Gasteiger partial charge in [0.05, 0.1) is 5.69 Å². The first-order valence-electron chi connectivity index (χ1n) is 7.72. The molecule has 0 radical (unpaired) electrons. The van der Waals surface area contributed by atoms with Crippen LogP contribution in [0.2, 0.25) is 0 Å². The van der Waals surface area contributed by atoms with Crippen LogP contribution in [0.4, 0.5) is 5.69 Å². The first kappa shape index (κ1) is 17.5. The second-order valence-corrected chi connectivity index (χ2v) is 6.87. The molecule has 0 unspecified atom stereocenters. The van der Waals surface area contributed by atoms with E-state index in [9.17, 15) is 0 Å². The highest BCUT2D eigenvalue weighted by Gasteiger charge is 2.19. The Labute approximate surface area is 132 Å². The Morgan fingerprint density at radius 1 is 1.15 bits per heavy atom. The molecule has 2 nitrogen and oxygen atoms in total. The number of halogens is 1. The molecule has 0 saturated carbocycles. The summed E-state index contributed by atoms with van der Waals surface area (Å²) in [6.07, 6.45) is 2.34. The van der Waals surface area contributed by atoms with E-state index in [4.69, 9.17) is 5.73 Å². The van der Waals surface area contributed by atoms with E-state index in [2.05, 4.69) is 66.7 Å². The summed E-state index contributed by atoms with van der Waals surface area (Å²) in [6.45, 7) is 12.2. The van der Waals surface area contributed by atoms with Crippen LogP contribution in [-0.4, -0.2) is 12.6 Å². The van der Waals surface area contributed by atoms with Crippen LogP contribution in [0.1, 0.15) is 59.1 Å². The third-order valence-electron chi connectivity index (χ3n) is 3.75. The molecule has 2 N–H and O–H groups in total. The normalized spacial score (nSPS) is 13.1. The maximum Gasteiger partial charge on any atom is 0.0513 e. The zero-order valence-corrected chi connectivity index (χ0v) is 15.1. The van der Waals surface area contributed by atoms with Crippen LogP contribution in [0.3, 0.4) is 0 Å². The molecule has 114 valence electrons. The summed E-state index contributed by atoms with van der Waals surface area (Å²) < 4.78 is 1.15. The highest BCUT2D eigenvalue weighted by Crippen LogP contribution is 2.32. The number of benzene rings is 1. The average Bonchev–Trinajstić information content (AvgIpc) is 2.38. The number of anilines is 1. The smallest absolute Gasteiger partial charge is 0.0513 e. The number of nitrogens with two attached hydrogens (primary N) is 1. The zero-order valence-electron chi connectivity index (χ0n) is 13.5. The van der Waals surface area contributed by atoms with Gasteiger partial charge in [-0.1, -0.05) is 33.8 Å². The average molecular weight is 341 g/mol. The van der Waals surface area contributed by atoms with Crippen molar-refractivity contribution in [1.82, 2.24) is 0 Å². The van der Waals surface area contributed by atoms with E-state index in [1.54, 1.807) is 0 Å². The zero-order chi connectivity index (χ0) is 15.3. The van der Waals surface area contributed by atoms with Gasteiger partial charge in [0.25, 0.3) is 0 Å². The topological polar surface area (TPSA) is 29.3 Å². The van der Waals surface area contributed by atoms with Crippen LogP contribution in [0.25, 0.3) is 0 Å². The molecule has 0 aliphatic carbocycles. The van der Waals surface area contributed by atoms with Gasteiger partial charge in [-0.3, -0.25) is 0 Å². The Kier molecular flexibility index (Phi) is 7.04. The Morgan fingerprint density at radius 2 is 1.75 bits per heavy atom. The maximum atomic E-state index is 5.97. The number of rotatable bonds is 7. The molecule has 1 aromatic rings. The van der Waals surface area contributed by atoms with Gasteiger partial charge < -0.3 is 10.6 Å². The molecular weight excluding hydrogens is 312 g/mol. The van der Waals surface area contributed by atoms with Gasteiger partial charge in [-0.25, -0.2) is 0 Å². The van der Waals surface area contributed by atoms with E-state index in [0.29, 0.717) is 12.0 Å². The first-order chi connectivity index (χ1) is 9.40. The highest BCUT2D eigenvalue weighted by molar-refractivity contribution is 9.10. The van der Waals surface area contributed by atoms with E-state index in [1.165, 1.54) is 24.1 Å². The second-order valence-electron chi connectivity index (χ2n) is 6.02. The Balaban J connectivity index is 3.13. The van der Waals surface area contributed by atoms with Crippen molar-refractivity contribution in [3.05, 3.63) is 28.2 Å². The fourth-order valence-electron chi connectivity index (χ4n) is 2.61. The SMILES string of the molecule is CCC(CC)N(CC(C)C)c1ccc([C@@H](C)N)cc1Br. The molecule has 1 aromatic carbocycles. The molecule has 0 heterocycles. The van der Waals surface area contributed by atoms with Crippen molar-refractivity contribution >= 4 is 21.6 Å². The summed E-state index contributed by atoms with van der Waals surface area (Å²) in [5.41, 5.74) is 8.43. The lowest BCUT2D eigenvalue weighted by molar-refractivity contribution is 0.507. The highest BCUT2D eigenvalue weighted by atomic mass is 79.9. The number of nitrogens with zero attached hydrogens (tertiary/aromatic N) is 1. The Hall–Kier alpha value is -0.540. The Morgan fingerprint density at radius 3 is 2.15 bits per heavy atom. The molecule has 0 saturated heterocycles. The van der Waals surface area contributed by atoms with Gasteiger partial charge in [0.1, 0.15) is 0 Å². The molecule has 3 heteroatoms. The molecule has 0 spiro atoms. The summed E-state index contributed by atoms with van der Waals surface area (Å²) in [4.78, 5) is 2.54. The molecule has 0 amide bonds. The quantitative estimate of drug-likeness (QED) is 0.746. The van der Waals surface area contributed by atoms with Crippen molar-refractivity contribution in [3.8, 4) is 0 Å². The van der Waals surface area contributed by atoms with Gasteiger partial charge in [-0.05, 0) is 59.3 Å².